The van der Waals surface area contributed by atoms with Gasteiger partial charge >= 0.3 is 0 Å². The van der Waals surface area contributed by atoms with Gasteiger partial charge < -0.3 is 10.3 Å². The summed E-state index contributed by atoms with van der Waals surface area (Å²) in [5.41, 5.74) is 4.84. The van der Waals surface area contributed by atoms with E-state index >= 15 is 0 Å². The second kappa shape index (κ2) is 4.57. The fourth-order valence-corrected chi connectivity index (χ4v) is 1.97. The van der Waals surface area contributed by atoms with Gasteiger partial charge in [0.1, 0.15) is 17.4 Å². The van der Waals surface area contributed by atoms with Crippen molar-refractivity contribution in [3.63, 3.8) is 0 Å². The monoisotopic (exact) mass is 289 g/mol. The van der Waals surface area contributed by atoms with Crippen LogP contribution in [0.25, 0.3) is 11.5 Å². The van der Waals surface area contributed by atoms with Gasteiger partial charge in [0.2, 0.25) is 0 Å². The quantitative estimate of drug-likeness (QED) is 0.851. The molecule has 0 amide bonds. The molecular weight excluding hydrogens is 280 g/mol. The van der Waals surface area contributed by atoms with Crippen molar-refractivity contribution in [2.45, 2.75) is 5.75 Å². The molecule has 0 saturated carbocycles. The van der Waals surface area contributed by atoms with Crippen LogP contribution in [0.3, 0.4) is 0 Å². The Morgan fingerprint density at radius 2 is 2.00 bits per heavy atom. The van der Waals surface area contributed by atoms with Crippen molar-refractivity contribution in [2.75, 3.05) is 12.0 Å². The van der Waals surface area contributed by atoms with Crippen LogP contribution in [0, 0.1) is 11.6 Å². The van der Waals surface area contributed by atoms with E-state index in [2.05, 4.69) is 10.1 Å². The summed E-state index contributed by atoms with van der Waals surface area (Å²) in [5.74, 6) is -2.64. The lowest BCUT2D eigenvalue weighted by molar-refractivity contribution is 0.422. The zero-order chi connectivity index (χ0) is 14.2. The first-order valence-corrected chi connectivity index (χ1v) is 7.07. The average molecular weight is 289 g/mol. The highest BCUT2D eigenvalue weighted by molar-refractivity contribution is 7.89. The molecule has 1 heterocycles. The zero-order valence-corrected chi connectivity index (χ0v) is 10.5. The van der Waals surface area contributed by atoms with Crippen molar-refractivity contribution in [3.8, 4) is 11.5 Å². The van der Waals surface area contributed by atoms with Crippen LogP contribution >= 0.6 is 0 Å². The van der Waals surface area contributed by atoms with Crippen molar-refractivity contribution in [1.29, 1.82) is 0 Å². The molecule has 2 N–H and O–H groups in total. The highest BCUT2D eigenvalue weighted by Crippen LogP contribution is 2.25. The fourth-order valence-electron chi connectivity index (χ4n) is 1.39. The van der Waals surface area contributed by atoms with Crippen LogP contribution in [0.4, 0.5) is 14.5 Å². The second-order valence-electron chi connectivity index (χ2n) is 3.94. The highest BCUT2D eigenvalue weighted by atomic mass is 32.2. The number of hydrogen-bond acceptors (Lipinski definition) is 6. The number of anilines is 1. The first kappa shape index (κ1) is 13.4. The summed E-state index contributed by atoms with van der Waals surface area (Å²) in [6.45, 7) is 0. The molecule has 0 atom stereocenters. The van der Waals surface area contributed by atoms with Crippen molar-refractivity contribution < 1.29 is 21.7 Å². The molecule has 0 aliphatic carbocycles. The lowest BCUT2D eigenvalue weighted by atomic mass is 10.2. The van der Waals surface area contributed by atoms with Crippen LogP contribution in [0.2, 0.25) is 0 Å². The van der Waals surface area contributed by atoms with Crippen LogP contribution in [0.15, 0.2) is 16.7 Å². The van der Waals surface area contributed by atoms with Gasteiger partial charge in [0.15, 0.2) is 15.7 Å². The van der Waals surface area contributed by atoms with E-state index in [1.54, 1.807) is 0 Å². The van der Waals surface area contributed by atoms with Crippen molar-refractivity contribution in [1.82, 2.24) is 10.1 Å². The summed E-state index contributed by atoms with van der Waals surface area (Å²) in [6.07, 6.45) is 1.000. The molecule has 9 heteroatoms. The van der Waals surface area contributed by atoms with Crippen LogP contribution in [0.1, 0.15) is 5.82 Å². The maximum Gasteiger partial charge on any atom is 0.261 e. The lowest BCUT2D eigenvalue weighted by Crippen LogP contribution is -2.02. The normalized spacial score (nSPS) is 11.7. The Morgan fingerprint density at radius 1 is 1.32 bits per heavy atom. The summed E-state index contributed by atoms with van der Waals surface area (Å²) in [7, 11) is -3.33. The van der Waals surface area contributed by atoms with Gasteiger partial charge in [-0.1, -0.05) is 5.16 Å². The van der Waals surface area contributed by atoms with E-state index in [4.69, 9.17) is 10.3 Å². The van der Waals surface area contributed by atoms with E-state index in [0.29, 0.717) is 6.07 Å². The zero-order valence-electron chi connectivity index (χ0n) is 9.72. The molecule has 2 aromatic rings. The van der Waals surface area contributed by atoms with E-state index in [1.807, 2.05) is 0 Å². The van der Waals surface area contributed by atoms with Crippen LogP contribution < -0.4 is 5.73 Å². The van der Waals surface area contributed by atoms with E-state index in [1.165, 1.54) is 0 Å². The minimum atomic E-state index is -3.33. The summed E-state index contributed by atoms with van der Waals surface area (Å²) in [5, 5.41) is 3.40. The molecule has 0 unspecified atom stereocenters. The molecule has 0 radical (unpaired) electrons. The van der Waals surface area contributed by atoms with Gasteiger partial charge in [-0.25, -0.2) is 17.2 Å². The predicted octanol–water partition coefficient (Wildman–Crippen LogP) is 1.14. The SMILES string of the molecule is CS(=O)(=O)Cc1noc(-c2cc(N)c(F)cc2F)n1. The van der Waals surface area contributed by atoms with E-state index in [9.17, 15) is 17.2 Å². The molecule has 0 aliphatic heterocycles. The average Bonchev–Trinajstić information content (AvgIpc) is 2.69. The maximum atomic E-state index is 13.5. The molecule has 6 nitrogen and oxygen atoms in total. The van der Waals surface area contributed by atoms with E-state index < -0.39 is 27.2 Å². The fraction of sp³-hybridized carbons (Fsp3) is 0.200. The molecule has 1 aromatic heterocycles. The largest absolute Gasteiger partial charge is 0.396 e. The van der Waals surface area contributed by atoms with Gasteiger partial charge in [-0.05, 0) is 6.07 Å². The minimum absolute atomic E-state index is 0.111. The number of sulfone groups is 1. The Balaban J connectivity index is 2.41. The number of nitrogens with two attached hydrogens (primary N) is 1. The third-order valence-electron chi connectivity index (χ3n) is 2.18. The third kappa shape index (κ3) is 3.05. The van der Waals surface area contributed by atoms with Gasteiger partial charge in [0.05, 0.1) is 11.3 Å². The molecule has 0 aliphatic rings. The van der Waals surface area contributed by atoms with Crippen molar-refractivity contribution >= 4 is 15.5 Å². The van der Waals surface area contributed by atoms with Crippen LogP contribution in [-0.2, 0) is 15.6 Å². The van der Waals surface area contributed by atoms with Gasteiger partial charge in [-0.15, -0.1) is 0 Å². The van der Waals surface area contributed by atoms with Crippen LogP contribution in [-0.4, -0.2) is 24.8 Å². The number of nitrogen functional groups attached to an aromatic ring is 1. The summed E-state index contributed by atoms with van der Waals surface area (Å²) in [6, 6.07) is 1.59. The van der Waals surface area contributed by atoms with Gasteiger partial charge in [-0.2, -0.15) is 4.98 Å². The van der Waals surface area contributed by atoms with E-state index in [-0.39, 0.29) is 23.0 Å². The first-order chi connectivity index (χ1) is 8.76. The number of halogens is 2. The molecule has 102 valence electrons. The standard InChI is InChI=1S/C10H9F2N3O3S/c1-19(16,17)4-9-14-10(18-15-9)5-2-8(13)7(12)3-6(5)11/h2-3H,4,13H2,1H3. The number of hydrogen-bond donors (Lipinski definition) is 1. The molecule has 0 spiro atoms. The molecule has 2 rings (SSSR count). The Morgan fingerprint density at radius 3 is 2.63 bits per heavy atom. The van der Waals surface area contributed by atoms with Crippen molar-refractivity contribution in [2.24, 2.45) is 0 Å². The Bertz CT molecular complexity index is 728. The number of rotatable bonds is 3. The predicted molar refractivity (Wildman–Crippen MR) is 62.6 cm³/mol. The smallest absolute Gasteiger partial charge is 0.261 e. The van der Waals surface area contributed by atoms with Gasteiger partial charge in [0, 0.05) is 12.3 Å². The molecular formula is C10H9F2N3O3S. The topological polar surface area (TPSA) is 99.1 Å². The molecule has 19 heavy (non-hydrogen) atoms. The molecule has 0 bridgehead atoms. The number of nitrogens with zero attached hydrogens (tertiary/aromatic N) is 2. The lowest BCUT2D eigenvalue weighted by Gasteiger charge is -2.00. The number of benzene rings is 1. The Hall–Kier alpha value is -2.03. The minimum Gasteiger partial charge on any atom is -0.396 e. The first-order valence-electron chi connectivity index (χ1n) is 5.01. The Labute approximate surface area is 107 Å². The highest BCUT2D eigenvalue weighted by Gasteiger charge is 2.17. The molecule has 0 fully saturated rings. The maximum absolute atomic E-state index is 13.5. The van der Waals surface area contributed by atoms with Crippen LogP contribution in [0.5, 0.6) is 0 Å². The van der Waals surface area contributed by atoms with Gasteiger partial charge in [-0.3, -0.25) is 0 Å². The third-order valence-corrected chi connectivity index (χ3v) is 2.96. The van der Waals surface area contributed by atoms with Gasteiger partial charge in [0.25, 0.3) is 5.89 Å². The number of aromatic nitrogens is 2. The summed E-state index contributed by atoms with van der Waals surface area (Å²) >= 11 is 0. The molecule has 1 aromatic carbocycles. The van der Waals surface area contributed by atoms with Crippen molar-refractivity contribution in [3.05, 3.63) is 29.6 Å². The van der Waals surface area contributed by atoms with E-state index in [0.717, 1.165) is 12.3 Å². The summed E-state index contributed by atoms with van der Waals surface area (Å²) in [4.78, 5) is 3.72. The second-order valence-corrected chi connectivity index (χ2v) is 6.08. The Kier molecular flexibility index (Phi) is 3.23. The summed E-state index contributed by atoms with van der Waals surface area (Å²) < 4.78 is 53.3. The molecule has 0 saturated heterocycles.